The molecule has 0 bridgehead atoms. The van der Waals surface area contributed by atoms with Gasteiger partial charge >= 0.3 is 0 Å². The van der Waals surface area contributed by atoms with E-state index in [9.17, 15) is 0 Å². The van der Waals surface area contributed by atoms with Crippen molar-refractivity contribution in [2.24, 2.45) is 5.41 Å². The average molecular weight is 207 g/mol. The molecule has 0 aliphatic heterocycles. The Kier molecular flexibility index (Phi) is 2.76. The maximum Gasteiger partial charge on any atom is 0.00700 e. The Morgan fingerprint density at radius 2 is 1.27 bits per heavy atom. The zero-order valence-corrected chi connectivity index (χ0v) is 9.93. The van der Waals surface area contributed by atoms with E-state index >= 15 is 0 Å². The van der Waals surface area contributed by atoms with Gasteiger partial charge in [0.1, 0.15) is 0 Å². The molecule has 1 nitrogen and oxygen atoms in total. The van der Waals surface area contributed by atoms with Crippen LogP contribution in [0.2, 0.25) is 0 Å². The highest BCUT2D eigenvalue weighted by atomic mass is 15.0. The van der Waals surface area contributed by atoms with Crippen molar-refractivity contribution in [2.45, 2.75) is 82.7 Å². The highest BCUT2D eigenvalue weighted by molar-refractivity contribution is 4.92. The first-order valence-electron chi connectivity index (χ1n) is 7.12. The van der Waals surface area contributed by atoms with E-state index in [2.05, 4.69) is 5.32 Å². The van der Waals surface area contributed by atoms with Crippen molar-refractivity contribution in [1.82, 2.24) is 5.32 Å². The molecule has 3 aliphatic carbocycles. The van der Waals surface area contributed by atoms with Crippen LogP contribution in [0, 0.1) is 5.41 Å². The first-order chi connectivity index (χ1) is 7.36. The fourth-order valence-electron chi connectivity index (χ4n) is 3.93. The second-order valence-electron chi connectivity index (χ2n) is 6.28. The highest BCUT2D eigenvalue weighted by Crippen LogP contribution is 2.49. The smallest absolute Gasteiger partial charge is 0.00700 e. The summed E-state index contributed by atoms with van der Waals surface area (Å²) in [5.41, 5.74) is 0.817. The Morgan fingerprint density at radius 3 is 1.80 bits per heavy atom. The van der Waals surface area contributed by atoms with Crippen molar-refractivity contribution in [3.05, 3.63) is 0 Å². The molecular weight excluding hydrogens is 182 g/mol. The van der Waals surface area contributed by atoms with Crippen LogP contribution in [0.15, 0.2) is 0 Å². The Bertz CT molecular complexity index is 203. The highest BCUT2D eigenvalue weighted by Gasteiger charge is 2.37. The van der Waals surface area contributed by atoms with E-state index < -0.39 is 0 Å². The normalized spacial score (nSPS) is 32.0. The van der Waals surface area contributed by atoms with Crippen molar-refractivity contribution in [2.75, 3.05) is 0 Å². The Hall–Kier alpha value is -0.0400. The summed E-state index contributed by atoms with van der Waals surface area (Å²) in [5, 5.41) is 3.86. The molecule has 1 spiro atoms. The molecule has 0 aromatic heterocycles. The molecule has 0 unspecified atom stereocenters. The van der Waals surface area contributed by atoms with Crippen LogP contribution >= 0.6 is 0 Å². The van der Waals surface area contributed by atoms with Crippen LogP contribution in [0.5, 0.6) is 0 Å². The quantitative estimate of drug-likeness (QED) is 0.729. The second kappa shape index (κ2) is 4.08. The minimum absolute atomic E-state index is 0.817. The van der Waals surface area contributed by atoms with Gasteiger partial charge in [0.25, 0.3) is 0 Å². The third-order valence-corrected chi connectivity index (χ3v) is 5.29. The lowest BCUT2D eigenvalue weighted by molar-refractivity contribution is 0.153. The number of nitrogens with one attached hydrogen (secondary N) is 1. The Morgan fingerprint density at radius 1 is 0.667 bits per heavy atom. The first kappa shape index (κ1) is 10.1. The van der Waals surface area contributed by atoms with Gasteiger partial charge in [0.15, 0.2) is 0 Å². The maximum absolute atomic E-state index is 3.86. The van der Waals surface area contributed by atoms with Crippen LogP contribution in [-0.2, 0) is 0 Å². The van der Waals surface area contributed by atoms with E-state index in [4.69, 9.17) is 0 Å². The standard InChI is InChI=1S/C14H25N/c1-2-9-14(8-1)10-6-13(7-11-14)15-12-4-3-5-12/h12-13,15H,1-11H2. The van der Waals surface area contributed by atoms with Crippen LogP contribution in [-0.4, -0.2) is 12.1 Å². The lowest BCUT2D eigenvalue weighted by Crippen LogP contribution is -2.45. The molecule has 0 aromatic carbocycles. The molecule has 1 N–H and O–H groups in total. The molecule has 0 amide bonds. The fourth-order valence-corrected chi connectivity index (χ4v) is 3.93. The molecule has 3 fully saturated rings. The maximum atomic E-state index is 3.86. The van der Waals surface area contributed by atoms with Gasteiger partial charge in [0.2, 0.25) is 0 Å². The van der Waals surface area contributed by atoms with Crippen LogP contribution in [0.25, 0.3) is 0 Å². The molecule has 0 saturated heterocycles. The van der Waals surface area contributed by atoms with E-state index in [0.717, 1.165) is 17.5 Å². The molecule has 0 radical (unpaired) electrons. The minimum atomic E-state index is 0.817. The molecule has 15 heavy (non-hydrogen) atoms. The van der Waals surface area contributed by atoms with Crippen molar-refractivity contribution >= 4 is 0 Å². The third-order valence-electron chi connectivity index (χ3n) is 5.29. The largest absolute Gasteiger partial charge is 0.311 e. The molecule has 0 heterocycles. The van der Waals surface area contributed by atoms with Crippen LogP contribution in [0.1, 0.15) is 70.6 Å². The topological polar surface area (TPSA) is 12.0 Å². The molecule has 1 heteroatoms. The lowest BCUT2D eigenvalue weighted by Gasteiger charge is -2.40. The van der Waals surface area contributed by atoms with Crippen molar-refractivity contribution in [3.8, 4) is 0 Å². The zero-order valence-electron chi connectivity index (χ0n) is 9.93. The molecular formula is C14H25N. The molecule has 0 aromatic rings. The summed E-state index contributed by atoms with van der Waals surface area (Å²) in [6.45, 7) is 0. The number of hydrogen-bond donors (Lipinski definition) is 1. The van der Waals surface area contributed by atoms with E-state index in [1.54, 1.807) is 12.8 Å². The molecule has 3 saturated carbocycles. The van der Waals surface area contributed by atoms with Crippen LogP contribution in [0.3, 0.4) is 0 Å². The lowest BCUT2D eigenvalue weighted by atomic mass is 9.71. The Balaban J connectivity index is 1.47. The minimum Gasteiger partial charge on any atom is -0.311 e. The summed E-state index contributed by atoms with van der Waals surface area (Å²) < 4.78 is 0. The second-order valence-corrected chi connectivity index (χ2v) is 6.28. The van der Waals surface area contributed by atoms with E-state index in [1.807, 2.05) is 0 Å². The van der Waals surface area contributed by atoms with Gasteiger partial charge in [0, 0.05) is 12.1 Å². The Labute approximate surface area is 94.0 Å². The van der Waals surface area contributed by atoms with Crippen molar-refractivity contribution in [1.29, 1.82) is 0 Å². The zero-order chi connectivity index (χ0) is 10.1. The van der Waals surface area contributed by atoms with Crippen molar-refractivity contribution in [3.63, 3.8) is 0 Å². The molecule has 86 valence electrons. The SMILES string of the molecule is C1CC(NC2CCC3(CCCC3)CC2)C1. The molecule has 3 aliphatic rings. The molecule has 0 atom stereocenters. The van der Waals surface area contributed by atoms with Gasteiger partial charge in [-0.1, -0.05) is 19.3 Å². The third kappa shape index (κ3) is 2.08. The first-order valence-corrected chi connectivity index (χ1v) is 7.12. The van der Waals surface area contributed by atoms with E-state index in [1.165, 1.54) is 57.8 Å². The molecule has 3 rings (SSSR count). The number of hydrogen-bond acceptors (Lipinski definition) is 1. The van der Waals surface area contributed by atoms with Gasteiger partial charge in [-0.05, 0) is 56.8 Å². The predicted molar refractivity (Wildman–Crippen MR) is 63.9 cm³/mol. The summed E-state index contributed by atoms with van der Waals surface area (Å²) >= 11 is 0. The van der Waals surface area contributed by atoms with E-state index in [-0.39, 0.29) is 0 Å². The summed E-state index contributed by atoms with van der Waals surface area (Å²) in [4.78, 5) is 0. The monoisotopic (exact) mass is 207 g/mol. The van der Waals surface area contributed by atoms with Gasteiger partial charge in [-0.2, -0.15) is 0 Å². The van der Waals surface area contributed by atoms with Gasteiger partial charge in [-0.15, -0.1) is 0 Å². The van der Waals surface area contributed by atoms with Gasteiger partial charge in [-0.25, -0.2) is 0 Å². The number of rotatable bonds is 2. The van der Waals surface area contributed by atoms with Crippen molar-refractivity contribution < 1.29 is 0 Å². The van der Waals surface area contributed by atoms with Crippen LogP contribution < -0.4 is 5.32 Å². The summed E-state index contributed by atoms with van der Waals surface area (Å²) in [5.74, 6) is 0. The van der Waals surface area contributed by atoms with Crippen LogP contribution in [0.4, 0.5) is 0 Å². The summed E-state index contributed by atoms with van der Waals surface area (Å²) in [6, 6.07) is 1.77. The fraction of sp³-hybridized carbons (Fsp3) is 1.00. The van der Waals surface area contributed by atoms with E-state index in [0.29, 0.717) is 0 Å². The summed E-state index contributed by atoms with van der Waals surface area (Å²) in [6.07, 6.45) is 16.5. The predicted octanol–water partition coefficient (Wildman–Crippen LogP) is 3.63. The van der Waals surface area contributed by atoms with Gasteiger partial charge < -0.3 is 5.32 Å². The summed E-state index contributed by atoms with van der Waals surface area (Å²) in [7, 11) is 0. The van der Waals surface area contributed by atoms with Gasteiger partial charge in [-0.3, -0.25) is 0 Å². The van der Waals surface area contributed by atoms with Gasteiger partial charge in [0.05, 0.1) is 0 Å². The average Bonchev–Trinajstić information content (AvgIpc) is 2.63.